The smallest absolute Gasteiger partial charge is 0.305 e. The van der Waals surface area contributed by atoms with Crippen LogP contribution in [0.15, 0.2) is 17.1 Å². The van der Waals surface area contributed by atoms with Crippen molar-refractivity contribution in [1.82, 2.24) is 0 Å². The monoisotopic (exact) mass is 383 g/mol. The second-order valence-corrected chi connectivity index (χ2v) is 8.48. The van der Waals surface area contributed by atoms with Crippen LogP contribution in [-0.2, 0) is 9.53 Å². The van der Waals surface area contributed by atoms with E-state index in [0.29, 0.717) is 18.8 Å². The Labute approximate surface area is 161 Å². The van der Waals surface area contributed by atoms with E-state index in [-0.39, 0.29) is 24.0 Å². The number of unbranched alkanes of at least 4 members (excludes halogenated alkanes) is 2. The molecule has 2 N–H and O–H groups in total. The molecule has 0 bridgehead atoms. The molecule has 0 radical (unpaired) electrons. The molecule has 26 heavy (non-hydrogen) atoms. The zero-order chi connectivity index (χ0) is 18.9. The van der Waals surface area contributed by atoms with Crippen LogP contribution in [0, 0.1) is 11.8 Å². The van der Waals surface area contributed by atoms with Crippen molar-refractivity contribution in [3.05, 3.63) is 12.2 Å². The lowest BCUT2D eigenvalue weighted by Gasteiger charge is -2.17. The molecule has 148 valence electrons. The molecule has 0 aromatic carbocycles. The van der Waals surface area contributed by atoms with Crippen molar-refractivity contribution in [2.75, 3.05) is 12.9 Å². The Kier molecular flexibility index (Phi) is 9.16. The average Bonchev–Trinajstić information content (AvgIpc) is 3.13. The Hall–Kier alpha value is -0.850. The molecule has 0 unspecified atom stereocenters. The van der Waals surface area contributed by atoms with E-state index >= 15 is 0 Å². The third kappa shape index (κ3) is 6.39. The summed E-state index contributed by atoms with van der Waals surface area (Å²) in [6, 6.07) is 0.194. The number of carbonyl (C=O) groups excluding carboxylic acids is 1. The van der Waals surface area contributed by atoms with Crippen LogP contribution in [0.4, 0.5) is 0 Å². The summed E-state index contributed by atoms with van der Waals surface area (Å²) >= 11 is 1.72. The van der Waals surface area contributed by atoms with Gasteiger partial charge in [-0.15, -0.1) is 11.8 Å². The number of aliphatic hydroxyl groups is 2. The molecule has 1 saturated carbocycles. The van der Waals surface area contributed by atoms with Crippen molar-refractivity contribution in [2.45, 2.75) is 76.5 Å². The van der Waals surface area contributed by atoms with E-state index in [9.17, 15) is 15.0 Å². The van der Waals surface area contributed by atoms with Crippen molar-refractivity contribution < 1.29 is 19.7 Å². The van der Waals surface area contributed by atoms with E-state index in [0.717, 1.165) is 49.3 Å². The summed E-state index contributed by atoms with van der Waals surface area (Å²) in [5.74, 6) is 1.12. The van der Waals surface area contributed by atoms with Gasteiger partial charge in [0.05, 0.1) is 30.4 Å². The van der Waals surface area contributed by atoms with Crippen molar-refractivity contribution in [1.29, 1.82) is 0 Å². The minimum Gasteiger partial charge on any atom is -0.469 e. The van der Waals surface area contributed by atoms with Crippen molar-refractivity contribution >= 4 is 22.8 Å². The molecule has 5 atom stereocenters. The lowest BCUT2D eigenvalue weighted by Crippen LogP contribution is -2.19. The fourth-order valence-corrected chi connectivity index (χ4v) is 4.86. The fourth-order valence-electron chi connectivity index (χ4n) is 3.81. The molecular weight excluding hydrogens is 350 g/mol. The van der Waals surface area contributed by atoms with Gasteiger partial charge in [0.1, 0.15) is 0 Å². The molecular formula is C20H33NO4S. The molecule has 0 aromatic rings. The molecule has 5 nitrogen and oxygen atoms in total. The van der Waals surface area contributed by atoms with Gasteiger partial charge < -0.3 is 14.9 Å². The normalized spacial score (nSPS) is 29.0. The van der Waals surface area contributed by atoms with Crippen molar-refractivity contribution in [3.8, 4) is 0 Å². The number of fused-ring (bicyclic) bond motifs is 1. The minimum absolute atomic E-state index is 0.0812. The standard InChI is InChI=1S/C20H33NO4S/c1-3-4-5-7-14(22)9-10-15-16-12-19(21-17(16)13-18(15)23)26-11-6-8-20(24)25-2/h9-10,14-18,22-23H,3-8,11-13H2,1-2H3/b10-9-/t14-,15+,16+,17-,18+/m0/s1. The highest BCUT2D eigenvalue weighted by Gasteiger charge is 2.44. The third-order valence-corrected chi connectivity index (χ3v) is 6.41. The Bertz CT molecular complexity index is 508. The van der Waals surface area contributed by atoms with E-state index in [2.05, 4.69) is 11.7 Å². The maximum Gasteiger partial charge on any atom is 0.305 e. The second kappa shape index (κ2) is 11.1. The lowest BCUT2D eigenvalue weighted by molar-refractivity contribution is -0.140. The number of rotatable bonds is 10. The van der Waals surface area contributed by atoms with Crippen LogP contribution < -0.4 is 0 Å². The summed E-state index contributed by atoms with van der Waals surface area (Å²) in [5.41, 5.74) is 0. The van der Waals surface area contributed by atoms with Gasteiger partial charge in [0.15, 0.2) is 0 Å². The fraction of sp³-hybridized carbons (Fsp3) is 0.800. The predicted molar refractivity (Wildman–Crippen MR) is 106 cm³/mol. The van der Waals surface area contributed by atoms with Gasteiger partial charge in [-0.1, -0.05) is 38.3 Å². The van der Waals surface area contributed by atoms with Gasteiger partial charge in [0.2, 0.25) is 0 Å². The first-order valence-corrected chi connectivity index (χ1v) is 10.8. The van der Waals surface area contributed by atoms with Gasteiger partial charge in [-0.3, -0.25) is 9.79 Å². The first-order valence-electron chi connectivity index (χ1n) is 9.85. The largest absolute Gasteiger partial charge is 0.469 e. The summed E-state index contributed by atoms with van der Waals surface area (Å²) in [6.45, 7) is 2.16. The van der Waals surface area contributed by atoms with Crippen LogP contribution in [0.25, 0.3) is 0 Å². The Morgan fingerprint density at radius 1 is 1.42 bits per heavy atom. The molecule has 2 rings (SSSR count). The summed E-state index contributed by atoms with van der Waals surface area (Å²) < 4.78 is 4.65. The van der Waals surface area contributed by atoms with Gasteiger partial charge in [-0.05, 0) is 30.9 Å². The number of nitrogens with zero attached hydrogens (tertiary/aromatic N) is 1. The zero-order valence-corrected chi connectivity index (χ0v) is 16.8. The zero-order valence-electron chi connectivity index (χ0n) is 16.0. The second-order valence-electron chi connectivity index (χ2n) is 7.31. The quantitative estimate of drug-likeness (QED) is 0.344. The molecule has 2 aliphatic rings. The number of aliphatic hydroxyl groups excluding tert-OH is 2. The molecule has 6 heteroatoms. The first-order chi connectivity index (χ1) is 12.5. The van der Waals surface area contributed by atoms with Crippen LogP contribution >= 0.6 is 11.8 Å². The van der Waals surface area contributed by atoms with Gasteiger partial charge in [0, 0.05) is 18.8 Å². The predicted octanol–water partition coefficient (Wildman–Crippen LogP) is 3.34. The number of methoxy groups -OCH3 is 1. The minimum atomic E-state index is -0.415. The van der Waals surface area contributed by atoms with Gasteiger partial charge in [-0.25, -0.2) is 0 Å². The molecule has 0 saturated heterocycles. The highest BCUT2D eigenvalue weighted by molar-refractivity contribution is 8.13. The molecule has 0 spiro atoms. The number of aliphatic imine (C=N–C) groups is 1. The summed E-state index contributed by atoms with van der Waals surface area (Å²) in [7, 11) is 1.41. The van der Waals surface area contributed by atoms with E-state index < -0.39 is 6.10 Å². The summed E-state index contributed by atoms with van der Waals surface area (Å²) in [5, 5.41) is 21.6. The number of hydrogen-bond donors (Lipinski definition) is 2. The number of hydrogen-bond acceptors (Lipinski definition) is 6. The van der Waals surface area contributed by atoms with Gasteiger partial charge in [0.25, 0.3) is 0 Å². The number of esters is 1. The highest BCUT2D eigenvalue weighted by Crippen LogP contribution is 2.43. The summed E-state index contributed by atoms with van der Waals surface area (Å²) in [6.07, 6.45) is 10.1. The lowest BCUT2D eigenvalue weighted by atomic mass is 9.91. The van der Waals surface area contributed by atoms with Gasteiger partial charge in [-0.2, -0.15) is 0 Å². The number of carbonyl (C=O) groups is 1. The molecule has 1 aliphatic carbocycles. The maximum absolute atomic E-state index is 11.1. The average molecular weight is 384 g/mol. The Morgan fingerprint density at radius 3 is 2.96 bits per heavy atom. The van der Waals surface area contributed by atoms with Gasteiger partial charge >= 0.3 is 5.97 Å². The maximum atomic E-state index is 11.1. The van der Waals surface area contributed by atoms with Crippen LogP contribution in [-0.4, -0.2) is 52.3 Å². The van der Waals surface area contributed by atoms with E-state index in [1.165, 1.54) is 7.11 Å². The van der Waals surface area contributed by atoms with Crippen molar-refractivity contribution in [3.63, 3.8) is 0 Å². The first kappa shape index (κ1) is 21.5. The Balaban J connectivity index is 1.76. The van der Waals surface area contributed by atoms with Crippen LogP contribution in [0.5, 0.6) is 0 Å². The van der Waals surface area contributed by atoms with E-state index in [4.69, 9.17) is 4.99 Å². The summed E-state index contributed by atoms with van der Waals surface area (Å²) in [4.78, 5) is 15.9. The number of ether oxygens (including phenoxy) is 1. The molecule has 0 aromatic heterocycles. The molecule has 1 heterocycles. The SMILES string of the molecule is CCCCC[C@H](O)/C=C\[C@@H]1[C@H]2CC(SCCCC(=O)OC)=N[C@H]2C[C@H]1O. The van der Waals surface area contributed by atoms with Crippen LogP contribution in [0.1, 0.15) is 58.3 Å². The topological polar surface area (TPSA) is 79.1 Å². The molecule has 0 amide bonds. The molecule has 1 aliphatic heterocycles. The van der Waals surface area contributed by atoms with E-state index in [1.54, 1.807) is 11.8 Å². The molecule has 1 fully saturated rings. The Morgan fingerprint density at radius 2 is 2.23 bits per heavy atom. The van der Waals surface area contributed by atoms with Crippen LogP contribution in [0.3, 0.4) is 0 Å². The third-order valence-electron chi connectivity index (χ3n) is 5.32. The highest BCUT2D eigenvalue weighted by atomic mass is 32.2. The van der Waals surface area contributed by atoms with Crippen LogP contribution in [0.2, 0.25) is 0 Å². The number of thioether (sulfide) groups is 1. The van der Waals surface area contributed by atoms with E-state index in [1.807, 2.05) is 12.2 Å². The van der Waals surface area contributed by atoms with Crippen molar-refractivity contribution in [2.24, 2.45) is 16.8 Å².